The fourth-order valence-electron chi connectivity index (χ4n) is 3.46. The van der Waals surface area contributed by atoms with Crippen molar-refractivity contribution in [2.75, 3.05) is 24.1 Å². The van der Waals surface area contributed by atoms with Gasteiger partial charge in [0.1, 0.15) is 17.1 Å². The zero-order chi connectivity index (χ0) is 27.4. The van der Waals surface area contributed by atoms with Crippen molar-refractivity contribution in [1.82, 2.24) is 5.32 Å². The summed E-state index contributed by atoms with van der Waals surface area (Å²) < 4.78 is 50.7. The molecule has 0 aliphatic rings. The molecule has 0 saturated carbocycles. The molecule has 0 saturated heterocycles. The fourth-order valence-corrected chi connectivity index (χ4v) is 5.31. The molecule has 0 radical (unpaired) electrons. The van der Waals surface area contributed by atoms with E-state index >= 15 is 0 Å². The molecule has 0 heterocycles. The van der Waals surface area contributed by atoms with Crippen LogP contribution in [-0.2, 0) is 26.3 Å². The Morgan fingerprint density at radius 2 is 1.50 bits per heavy atom. The average Bonchev–Trinajstić information content (AvgIpc) is 2.82. The van der Waals surface area contributed by atoms with Crippen molar-refractivity contribution in [3.63, 3.8) is 0 Å². The quantitative estimate of drug-likeness (QED) is 0.143. The lowest BCUT2D eigenvalue weighted by atomic mass is 10.1. The minimum Gasteiger partial charge on any atom is -0.507 e. The average molecular weight is 587 g/mol. The highest BCUT2D eigenvalue weighted by molar-refractivity contribution is 7.92. The molecule has 6 N–H and O–H groups in total. The maximum Gasteiger partial charge on any atom is 0.339 e. The summed E-state index contributed by atoms with van der Waals surface area (Å²) in [5, 5.41) is 42.0. The molecular formula is C24H27ClN2O9S2. The Labute approximate surface area is 226 Å². The smallest absolute Gasteiger partial charge is 0.339 e. The molecule has 14 heteroatoms. The summed E-state index contributed by atoms with van der Waals surface area (Å²) in [5.74, 6) is -2.25. The van der Waals surface area contributed by atoms with Crippen molar-refractivity contribution < 1.29 is 42.1 Å². The number of aromatic carboxylic acids is 1. The third-order valence-corrected chi connectivity index (χ3v) is 7.73. The molecule has 3 rings (SSSR count). The number of halogens is 1. The first-order valence-electron chi connectivity index (χ1n) is 10.9. The Morgan fingerprint density at radius 1 is 0.895 bits per heavy atom. The zero-order valence-corrected chi connectivity index (χ0v) is 22.5. The summed E-state index contributed by atoms with van der Waals surface area (Å²) in [5.41, 5.74) is 0.648. The van der Waals surface area contributed by atoms with Crippen LogP contribution < -0.4 is 10.0 Å². The highest BCUT2D eigenvalue weighted by atomic mass is 35.5. The number of phenolic OH excluding ortho intramolecular Hbond substituents is 1. The predicted molar refractivity (Wildman–Crippen MR) is 142 cm³/mol. The van der Waals surface area contributed by atoms with Crippen LogP contribution in [0.4, 0.5) is 5.69 Å². The zero-order valence-electron chi connectivity index (χ0n) is 20.0. The van der Waals surface area contributed by atoms with Crippen LogP contribution in [0.15, 0.2) is 70.5 Å². The molecule has 206 valence electrons. The summed E-state index contributed by atoms with van der Waals surface area (Å²) in [6.07, 6.45) is 0.474. The fraction of sp³-hybridized carbons (Fsp3) is 0.208. The predicted octanol–water partition coefficient (Wildman–Crippen LogP) is 2.29. The van der Waals surface area contributed by atoms with Crippen molar-refractivity contribution in [2.45, 2.75) is 22.3 Å². The highest BCUT2D eigenvalue weighted by Crippen LogP contribution is 2.28. The van der Waals surface area contributed by atoms with Crippen LogP contribution in [0, 0.1) is 0 Å². The lowest BCUT2D eigenvalue weighted by Crippen LogP contribution is -2.24. The second kappa shape index (κ2) is 12.5. The number of aliphatic hydroxyl groups excluding tert-OH is 1. The van der Waals surface area contributed by atoms with E-state index in [1.165, 1.54) is 30.3 Å². The number of carbonyl (C=O) groups is 1. The summed E-state index contributed by atoms with van der Waals surface area (Å²) in [6, 6.07) is 13.2. The van der Waals surface area contributed by atoms with E-state index in [1.807, 2.05) is 0 Å². The highest BCUT2D eigenvalue weighted by Gasteiger charge is 2.21. The minimum absolute atomic E-state index is 0. The number of nitrogens with one attached hydrogen (secondary N) is 2. The van der Waals surface area contributed by atoms with E-state index in [1.54, 1.807) is 12.1 Å². The summed E-state index contributed by atoms with van der Waals surface area (Å²) in [7, 11) is -7.61. The monoisotopic (exact) mass is 586 g/mol. The normalized spacial score (nSPS) is 12.4. The number of anilines is 1. The Hall–Kier alpha value is -3.36. The van der Waals surface area contributed by atoms with Gasteiger partial charge in [0.25, 0.3) is 0 Å². The molecule has 11 nitrogen and oxygen atoms in total. The van der Waals surface area contributed by atoms with Crippen LogP contribution in [0.1, 0.15) is 27.6 Å². The van der Waals surface area contributed by atoms with E-state index in [0.717, 1.165) is 30.0 Å². The van der Waals surface area contributed by atoms with Crippen molar-refractivity contribution in [1.29, 1.82) is 0 Å². The van der Waals surface area contributed by atoms with Crippen LogP contribution >= 0.6 is 12.4 Å². The molecule has 0 unspecified atom stereocenters. The van der Waals surface area contributed by atoms with Gasteiger partial charge in [0.2, 0.25) is 19.9 Å². The van der Waals surface area contributed by atoms with E-state index in [2.05, 4.69) is 10.0 Å². The van der Waals surface area contributed by atoms with Gasteiger partial charge >= 0.3 is 5.97 Å². The Balaban J connectivity index is 0.00000507. The van der Waals surface area contributed by atoms with E-state index in [4.69, 9.17) is 5.11 Å². The molecule has 38 heavy (non-hydrogen) atoms. The number of hydrogen-bond donors (Lipinski definition) is 6. The topological polar surface area (TPSA) is 190 Å². The molecule has 0 aliphatic carbocycles. The van der Waals surface area contributed by atoms with Gasteiger partial charge in [0, 0.05) is 6.54 Å². The summed E-state index contributed by atoms with van der Waals surface area (Å²) >= 11 is 0. The Morgan fingerprint density at radius 3 is 2.11 bits per heavy atom. The number of rotatable bonds is 11. The first kappa shape index (κ1) is 30.9. The van der Waals surface area contributed by atoms with Crippen molar-refractivity contribution in [3.8, 4) is 11.5 Å². The van der Waals surface area contributed by atoms with Gasteiger partial charge in [-0.3, -0.25) is 4.72 Å². The number of benzene rings is 3. The molecule has 0 bridgehead atoms. The maximum absolute atomic E-state index is 12.9. The molecule has 3 aromatic carbocycles. The standard InChI is InChI=1S/C24H26N2O9S2.ClH/c1-36(32,33)26-20-12-16(4-8-22(20)28)23(29)14-25-11-10-15-2-5-17(6-3-15)37(34,35)18-7-9-21(27)19(13-18)24(30)31;/h2-9,12-13,23,25-29H,10-11,14H2,1H3,(H,30,31);1H/t23-;/m0./s1. The molecular weight excluding hydrogens is 560 g/mol. The Bertz CT molecular complexity index is 1510. The van der Waals surface area contributed by atoms with Crippen LogP contribution in [0.3, 0.4) is 0 Å². The number of hydrogen-bond acceptors (Lipinski definition) is 9. The van der Waals surface area contributed by atoms with Gasteiger partial charge in [-0.25, -0.2) is 21.6 Å². The van der Waals surface area contributed by atoms with Crippen molar-refractivity contribution in [3.05, 3.63) is 77.4 Å². The lowest BCUT2D eigenvalue weighted by molar-refractivity contribution is 0.0693. The molecule has 0 fully saturated rings. The molecule has 0 amide bonds. The second-order valence-corrected chi connectivity index (χ2v) is 12.0. The first-order valence-corrected chi connectivity index (χ1v) is 14.3. The minimum atomic E-state index is -4.00. The van der Waals surface area contributed by atoms with Gasteiger partial charge in [0.15, 0.2) is 0 Å². The number of carboxylic acids is 1. The molecule has 1 atom stereocenters. The van der Waals surface area contributed by atoms with Crippen LogP contribution in [0.25, 0.3) is 0 Å². The van der Waals surface area contributed by atoms with E-state index in [-0.39, 0.29) is 40.2 Å². The largest absolute Gasteiger partial charge is 0.507 e. The SMILES string of the molecule is CS(=O)(=O)Nc1cc([C@@H](O)CNCCc2ccc(S(=O)(=O)c3ccc(O)c(C(=O)O)c3)cc2)ccc1O.Cl. The number of sulfonamides is 1. The summed E-state index contributed by atoms with van der Waals surface area (Å²) in [4.78, 5) is 10.9. The van der Waals surface area contributed by atoms with E-state index in [9.17, 15) is 36.9 Å². The van der Waals surface area contributed by atoms with Gasteiger partial charge in [-0.2, -0.15) is 0 Å². The second-order valence-electron chi connectivity index (χ2n) is 8.25. The number of aliphatic hydroxyl groups is 1. The number of aromatic hydroxyl groups is 2. The van der Waals surface area contributed by atoms with Crippen LogP contribution in [-0.4, -0.2) is 62.6 Å². The van der Waals surface area contributed by atoms with Crippen molar-refractivity contribution >= 4 is 43.9 Å². The third-order valence-electron chi connectivity index (χ3n) is 5.37. The molecule has 3 aromatic rings. The van der Waals surface area contributed by atoms with E-state index < -0.39 is 43.2 Å². The van der Waals surface area contributed by atoms with Gasteiger partial charge < -0.3 is 25.7 Å². The van der Waals surface area contributed by atoms with Gasteiger partial charge in [0.05, 0.1) is 27.8 Å². The van der Waals surface area contributed by atoms with Gasteiger partial charge in [-0.15, -0.1) is 12.4 Å². The third kappa shape index (κ3) is 7.82. The van der Waals surface area contributed by atoms with Gasteiger partial charge in [-0.1, -0.05) is 18.2 Å². The van der Waals surface area contributed by atoms with Crippen LogP contribution in [0.5, 0.6) is 11.5 Å². The Kier molecular flexibility index (Phi) is 10.1. The lowest BCUT2D eigenvalue weighted by Gasteiger charge is -2.15. The molecule has 0 spiro atoms. The van der Waals surface area contributed by atoms with Crippen LogP contribution in [0.2, 0.25) is 0 Å². The molecule has 0 aliphatic heterocycles. The first-order chi connectivity index (χ1) is 17.3. The van der Waals surface area contributed by atoms with E-state index in [0.29, 0.717) is 18.5 Å². The number of carboxylic acid groups (broad SMARTS) is 1. The number of sulfone groups is 1. The number of phenols is 2. The van der Waals surface area contributed by atoms with Crippen molar-refractivity contribution in [2.24, 2.45) is 0 Å². The summed E-state index contributed by atoms with van der Waals surface area (Å²) in [6.45, 7) is 0.581. The molecule has 0 aromatic heterocycles. The maximum atomic E-state index is 12.9. The van der Waals surface area contributed by atoms with Gasteiger partial charge in [-0.05, 0) is 66.6 Å².